The monoisotopic (exact) mass is 318 g/mol. The van der Waals surface area contributed by atoms with Gasteiger partial charge in [-0.3, -0.25) is 4.79 Å². The Morgan fingerprint density at radius 3 is 2.86 bits per heavy atom. The Balaban J connectivity index is 1.92. The third-order valence-corrected chi connectivity index (χ3v) is 4.35. The zero-order valence-electron chi connectivity index (χ0n) is 11.1. The lowest BCUT2D eigenvalue weighted by Crippen LogP contribution is -1.82. The van der Waals surface area contributed by atoms with Crippen molar-refractivity contribution < 1.29 is 9.53 Å². The number of hydrogen-bond acceptors (Lipinski definition) is 4. The standard InChI is InChI=1S/C15H11ClN2O2S/c1-20-10-3-4-12-13(7-10)18-15(17-12)21-14-5-2-9(8-19)6-11(14)16/h2-8H,1H3,(H,17,18). The number of hydrogen-bond donors (Lipinski definition) is 1. The first-order valence-electron chi connectivity index (χ1n) is 6.16. The van der Waals surface area contributed by atoms with Crippen molar-refractivity contribution in [1.29, 1.82) is 0 Å². The Morgan fingerprint density at radius 2 is 2.14 bits per heavy atom. The number of H-pyrrole nitrogens is 1. The zero-order chi connectivity index (χ0) is 14.8. The van der Waals surface area contributed by atoms with Crippen LogP contribution in [0.15, 0.2) is 46.5 Å². The minimum Gasteiger partial charge on any atom is -0.497 e. The molecule has 0 bridgehead atoms. The summed E-state index contributed by atoms with van der Waals surface area (Å²) in [5, 5.41) is 1.27. The van der Waals surface area contributed by atoms with Crippen molar-refractivity contribution in [2.45, 2.75) is 10.1 Å². The lowest BCUT2D eigenvalue weighted by molar-refractivity contribution is 0.112. The normalized spacial score (nSPS) is 10.8. The van der Waals surface area contributed by atoms with Gasteiger partial charge in [-0.1, -0.05) is 29.4 Å². The highest BCUT2D eigenvalue weighted by molar-refractivity contribution is 7.99. The van der Waals surface area contributed by atoms with E-state index in [1.165, 1.54) is 11.8 Å². The summed E-state index contributed by atoms with van der Waals surface area (Å²) >= 11 is 7.58. The van der Waals surface area contributed by atoms with E-state index in [2.05, 4.69) is 9.97 Å². The molecule has 106 valence electrons. The summed E-state index contributed by atoms with van der Waals surface area (Å²) in [5.74, 6) is 0.774. The number of nitrogens with one attached hydrogen (secondary N) is 1. The number of carbonyl (C=O) groups excluding carboxylic acids is 1. The summed E-state index contributed by atoms with van der Waals surface area (Å²) in [6.07, 6.45) is 0.772. The van der Waals surface area contributed by atoms with Crippen molar-refractivity contribution in [2.24, 2.45) is 0 Å². The molecule has 0 amide bonds. The SMILES string of the molecule is COc1ccc2nc(Sc3ccc(C=O)cc3Cl)[nH]c2c1. The number of aromatic amines is 1. The van der Waals surface area contributed by atoms with Gasteiger partial charge < -0.3 is 9.72 Å². The first kappa shape index (κ1) is 14.0. The third-order valence-electron chi connectivity index (χ3n) is 2.97. The van der Waals surface area contributed by atoms with Gasteiger partial charge in [0, 0.05) is 16.5 Å². The topological polar surface area (TPSA) is 55.0 Å². The number of aromatic nitrogens is 2. The van der Waals surface area contributed by atoms with Gasteiger partial charge in [-0.05, 0) is 24.3 Å². The summed E-state index contributed by atoms with van der Waals surface area (Å²) in [7, 11) is 1.63. The number of aldehydes is 1. The molecule has 0 saturated heterocycles. The van der Waals surface area contributed by atoms with E-state index in [0.29, 0.717) is 10.6 Å². The molecule has 4 nitrogen and oxygen atoms in total. The van der Waals surface area contributed by atoms with E-state index >= 15 is 0 Å². The van der Waals surface area contributed by atoms with Gasteiger partial charge >= 0.3 is 0 Å². The van der Waals surface area contributed by atoms with Crippen LogP contribution in [0.1, 0.15) is 10.4 Å². The van der Waals surface area contributed by atoms with Crippen LogP contribution in [0.25, 0.3) is 11.0 Å². The summed E-state index contributed by atoms with van der Waals surface area (Å²) in [5.41, 5.74) is 2.31. The molecule has 0 aliphatic heterocycles. The average Bonchev–Trinajstić information content (AvgIpc) is 2.90. The van der Waals surface area contributed by atoms with E-state index in [1.54, 1.807) is 19.2 Å². The van der Waals surface area contributed by atoms with E-state index in [0.717, 1.165) is 33.1 Å². The molecule has 0 spiro atoms. The minimum absolute atomic E-state index is 0.530. The van der Waals surface area contributed by atoms with Gasteiger partial charge in [0.05, 0.1) is 23.2 Å². The number of carbonyl (C=O) groups is 1. The molecule has 6 heteroatoms. The number of methoxy groups -OCH3 is 1. The second-order valence-electron chi connectivity index (χ2n) is 4.33. The Morgan fingerprint density at radius 1 is 1.29 bits per heavy atom. The molecule has 0 atom stereocenters. The molecule has 1 heterocycles. The summed E-state index contributed by atoms with van der Waals surface area (Å²) in [4.78, 5) is 19.3. The first-order chi connectivity index (χ1) is 10.2. The van der Waals surface area contributed by atoms with Gasteiger partial charge in [0.2, 0.25) is 0 Å². The zero-order valence-corrected chi connectivity index (χ0v) is 12.7. The smallest absolute Gasteiger partial charge is 0.171 e. The summed E-state index contributed by atoms with van der Waals surface area (Å²) < 4.78 is 5.19. The number of halogens is 1. The van der Waals surface area contributed by atoms with Crippen LogP contribution in [0, 0.1) is 0 Å². The number of ether oxygens (including phenoxy) is 1. The number of fused-ring (bicyclic) bond motifs is 1. The van der Waals surface area contributed by atoms with Crippen LogP contribution in [0.5, 0.6) is 5.75 Å². The van der Waals surface area contributed by atoms with Gasteiger partial charge in [0.1, 0.15) is 12.0 Å². The summed E-state index contributed by atoms with van der Waals surface area (Å²) in [6, 6.07) is 10.8. The van der Waals surface area contributed by atoms with E-state index in [4.69, 9.17) is 16.3 Å². The van der Waals surface area contributed by atoms with Crippen LogP contribution >= 0.6 is 23.4 Å². The van der Waals surface area contributed by atoms with Gasteiger partial charge in [0.25, 0.3) is 0 Å². The molecule has 1 N–H and O–H groups in total. The fraction of sp³-hybridized carbons (Fsp3) is 0.0667. The van der Waals surface area contributed by atoms with Crippen molar-refractivity contribution in [1.82, 2.24) is 9.97 Å². The average molecular weight is 319 g/mol. The molecule has 1 aromatic heterocycles. The van der Waals surface area contributed by atoms with Crippen LogP contribution in [0.3, 0.4) is 0 Å². The van der Waals surface area contributed by atoms with Gasteiger partial charge in [-0.2, -0.15) is 0 Å². The second-order valence-corrected chi connectivity index (χ2v) is 5.77. The molecule has 0 radical (unpaired) electrons. The van der Waals surface area contributed by atoms with E-state index in [-0.39, 0.29) is 0 Å². The fourth-order valence-electron chi connectivity index (χ4n) is 1.92. The molecule has 3 rings (SSSR count). The molecule has 0 saturated carbocycles. The lowest BCUT2D eigenvalue weighted by atomic mass is 10.2. The molecule has 3 aromatic rings. The number of rotatable bonds is 4. The number of nitrogens with zero attached hydrogens (tertiary/aromatic N) is 1. The molecule has 0 unspecified atom stereocenters. The quantitative estimate of drug-likeness (QED) is 0.733. The highest BCUT2D eigenvalue weighted by Gasteiger charge is 2.09. The van der Waals surface area contributed by atoms with Crippen molar-refractivity contribution in [2.75, 3.05) is 7.11 Å². The van der Waals surface area contributed by atoms with Crippen molar-refractivity contribution in [3.05, 3.63) is 47.0 Å². The molecule has 0 aliphatic rings. The molecular weight excluding hydrogens is 308 g/mol. The van der Waals surface area contributed by atoms with Crippen molar-refractivity contribution in [3.8, 4) is 5.75 Å². The maximum Gasteiger partial charge on any atom is 0.171 e. The van der Waals surface area contributed by atoms with Crippen molar-refractivity contribution >= 4 is 40.7 Å². The Hall–Kier alpha value is -1.98. The van der Waals surface area contributed by atoms with E-state index < -0.39 is 0 Å². The molecule has 0 fully saturated rings. The second kappa shape index (κ2) is 5.79. The molecule has 21 heavy (non-hydrogen) atoms. The van der Waals surface area contributed by atoms with E-state index in [9.17, 15) is 4.79 Å². The third kappa shape index (κ3) is 2.89. The van der Waals surface area contributed by atoms with Crippen LogP contribution in [-0.2, 0) is 0 Å². The highest BCUT2D eigenvalue weighted by atomic mass is 35.5. The maximum absolute atomic E-state index is 10.7. The molecular formula is C15H11ClN2O2S. The minimum atomic E-state index is 0.530. The van der Waals surface area contributed by atoms with Crippen LogP contribution in [0.4, 0.5) is 0 Å². The number of imidazole rings is 1. The fourth-order valence-corrected chi connectivity index (χ4v) is 3.03. The summed E-state index contributed by atoms with van der Waals surface area (Å²) in [6.45, 7) is 0. The van der Waals surface area contributed by atoms with Gasteiger partial charge in [-0.25, -0.2) is 4.98 Å². The van der Waals surface area contributed by atoms with Gasteiger partial charge in [0.15, 0.2) is 5.16 Å². The molecule has 0 aliphatic carbocycles. The van der Waals surface area contributed by atoms with Crippen LogP contribution in [0.2, 0.25) is 5.02 Å². The van der Waals surface area contributed by atoms with Crippen LogP contribution < -0.4 is 4.74 Å². The van der Waals surface area contributed by atoms with Crippen molar-refractivity contribution in [3.63, 3.8) is 0 Å². The maximum atomic E-state index is 10.7. The predicted octanol–water partition coefficient (Wildman–Crippen LogP) is 4.19. The Bertz CT molecular complexity index is 817. The number of benzene rings is 2. The first-order valence-corrected chi connectivity index (χ1v) is 7.35. The highest BCUT2D eigenvalue weighted by Crippen LogP contribution is 2.33. The largest absolute Gasteiger partial charge is 0.497 e. The van der Waals surface area contributed by atoms with Crippen LogP contribution in [-0.4, -0.2) is 23.4 Å². The lowest BCUT2D eigenvalue weighted by Gasteiger charge is -2.01. The Kier molecular flexibility index (Phi) is 3.86. The van der Waals surface area contributed by atoms with Gasteiger partial charge in [-0.15, -0.1) is 0 Å². The predicted molar refractivity (Wildman–Crippen MR) is 83.6 cm³/mol. The van der Waals surface area contributed by atoms with E-state index in [1.807, 2.05) is 24.3 Å². The molecule has 2 aromatic carbocycles. The Labute approximate surface area is 130 Å².